The molecule has 0 aliphatic rings. The van der Waals surface area contributed by atoms with Gasteiger partial charge in [-0.1, -0.05) is 0 Å². The van der Waals surface area contributed by atoms with Gasteiger partial charge in [0.1, 0.15) is 5.75 Å². The second-order valence-corrected chi connectivity index (χ2v) is 9.43. The van der Waals surface area contributed by atoms with Crippen LogP contribution in [0.25, 0.3) is 10.6 Å². The average Bonchev–Trinajstić information content (AvgIpc) is 3.24. The predicted octanol–water partition coefficient (Wildman–Crippen LogP) is 3.72. The van der Waals surface area contributed by atoms with Crippen molar-refractivity contribution in [2.45, 2.75) is 6.42 Å². The molecule has 0 fully saturated rings. The number of hydrogen-bond donors (Lipinski definition) is 2. The number of anilines is 2. The fraction of sp³-hybridized carbons (Fsp3) is 0.235. The van der Waals surface area contributed by atoms with Crippen LogP contribution in [-0.4, -0.2) is 33.3 Å². The molecule has 0 aliphatic heterocycles. The number of thiophene rings is 1. The molecule has 0 atom stereocenters. The van der Waals surface area contributed by atoms with Crippen LogP contribution in [0.3, 0.4) is 0 Å². The van der Waals surface area contributed by atoms with Crippen LogP contribution >= 0.6 is 22.7 Å². The minimum absolute atomic E-state index is 0.403. The van der Waals surface area contributed by atoms with Crippen LogP contribution in [0.4, 0.5) is 10.8 Å². The van der Waals surface area contributed by atoms with Gasteiger partial charge in [-0.2, -0.15) is 0 Å². The van der Waals surface area contributed by atoms with E-state index in [0.717, 1.165) is 32.0 Å². The van der Waals surface area contributed by atoms with Crippen molar-refractivity contribution >= 4 is 43.5 Å². The minimum atomic E-state index is -3.14. The first-order valence-corrected chi connectivity index (χ1v) is 11.4. The van der Waals surface area contributed by atoms with Gasteiger partial charge in [-0.05, 0) is 42.8 Å². The maximum atomic E-state index is 11.1. The normalized spacial score (nSPS) is 11.5. The number of nitrogens with zero attached hydrogens (tertiary/aromatic N) is 1. The fourth-order valence-electron chi connectivity index (χ4n) is 2.25. The molecule has 1 aromatic carbocycles. The Bertz CT molecular complexity index is 963. The standard InChI is InChI=1S/C17H19N3O3S3/c1-23-13-5-3-12(4-6-13)19-17-20-15(11-24-17)16-8-7-14(25-16)9-10-18-26(2,21)22/h3-8,11,18H,9-10H2,1-2H3,(H,19,20). The molecule has 2 N–H and O–H groups in total. The Morgan fingerprint density at radius 2 is 1.92 bits per heavy atom. The van der Waals surface area contributed by atoms with Crippen molar-refractivity contribution in [1.82, 2.24) is 9.71 Å². The Labute approximate surface area is 160 Å². The van der Waals surface area contributed by atoms with Crippen molar-refractivity contribution in [2.24, 2.45) is 0 Å². The zero-order valence-electron chi connectivity index (χ0n) is 14.4. The zero-order valence-corrected chi connectivity index (χ0v) is 16.8. The van der Waals surface area contributed by atoms with Crippen molar-refractivity contribution in [3.05, 3.63) is 46.7 Å². The third kappa shape index (κ3) is 5.28. The van der Waals surface area contributed by atoms with Crippen molar-refractivity contribution in [3.8, 4) is 16.3 Å². The smallest absolute Gasteiger partial charge is 0.208 e. The van der Waals surface area contributed by atoms with E-state index in [1.165, 1.54) is 6.26 Å². The van der Waals surface area contributed by atoms with Crippen LogP contribution in [0, 0.1) is 0 Å². The fourth-order valence-corrected chi connectivity index (χ4v) is 4.50. The summed E-state index contributed by atoms with van der Waals surface area (Å²) in [5.74, 6) is 0.812. The largest absolute Gasteiger partial charge is 0.497 e. The third-order valence-corrected chi connectivity index (χ3v) is 6.15. The summed E-state index contributed by atoms with van der Waals surface area (Å²) in [6.07, 6.45) is 1.83. The lowest BCUT2D eigenvalue weighted by Crippen LogP contribution is -2.23. The molecule has 0 saturated carbocycles. The SMILES string of the molecule is COc1ccc(Nc2nc(-c3ccc(CCNS(C)(=O)=O)s3)cs2)cc1. The number of aromatic nitrogens is 1. The van der Waals surface area contributed by atoms with E-state index < -0.39 is 10.0 Å². The molecule has 0 saturated heterocycles. The zero-order chi connectivity index (χ0) is 18.6. The van der Waals surface area contributed by atoms with E-state index in [1.54, 1.807) is 29.8 Å². The van der Waals surface area contributed by atoms with Crippen molar-refractivity contribution < 1.29 is 13.2 Å². The van der Waals surface area contributed by atoms with Crippen LogP contribution in [-0.2, 0) is 16.4 Å². The lowest BCUT2D eigenvalue weighted by molar-refractivity contribution is 0.415. The second kappa shape index (κ2) is 8.17. The quantitative estimate of drug-likeness (QED) is 0.593. The van der Waals surface area contributed by atoms with E-state index in [2.05, 4.69) is 15.0 Å². The summed E-state index contributed by atoms with van der Waals surface area (Å²) >= 11 is 3.17. The number of rotatable bonds is 8. The van der Waals surface area contributed by atoms with E-state index in [0.29, 0.717) is 13.0 Å². The molecule has 6 nitrogen and oxygen atoms in total. The van der Waals surface area contributed by atoms with E-state index in [9.17, 15) is 8.42 Å². The van der Waals surface area contributed by atoms with Crippen molar-refractivity contribution in [1.29, 1.82) is 0 Å². The van der Waals surface area contributed by atoms with Gasteiger partial charge >= 0.3 is 0 Å². The first-order valence-electron chi connectivity index (χ1n) is 7.83. The van der Waals surface area contributed by atoms with Gasteiger partial charge in [0.25, 0.3) is 0 Å². The van der Waals surface area contributed by atoms with Gasteiger partial charge in [0.2, 0.25) is 10.0 Å². The highest BCUT2D eigenvalue weighted by Crippen LogP contribution is 2.32. The summed E-state index contributed by atoms with van der Waals surface area (Å²) in [6, 6.07) is 11.7. The summed E-state index contributed by atoms with van der Waals surface area (Å²) in [5.41, 5.74) is 1.86. The molecule has 0 amide bonds. The Hall–Kier alpha value is -1.94. The molecule has 138 valence electrons. The molecule has 0 spiro atoms. The van der Waals surface area contributed by atoms with E-state index in [-0.39, 0.29) is 0 Å². The Balaban J connectivity index is 1.62. The molecular weight excluding hydrogens is 390 g/mol. The van der Waals surface area contributed by atoms with Gasteiger partial charge in [0.15, 0.2) is 5.13 Å². The summed E-state index contributed by atoms with van der Waals surface area (Å²) in [7, 11) is -1.50. The summed E-state index contributed by atoms with van der Waals surface area (Å²) in [6.45, 7) is 0.403. The van der Waals surface area contributed by atoms with Gasteiger partial charge < -0.3 is 10.1 Å². The van der Waals surface area contributed by atoms with Gasteiger partial charge in [0, 0.05) is 22.5 Å². The number of methoxy groups -OCH3 is 1. The summed E-state index contributed by atoms with van der Waals surface area (Å²) in [5, 5.41) is 6.11. The maximum Gasteiger partial charge on any atom is 0.208 e. The minimum Gasteiger partial charge on any atom is -0.497 e. The van der Waals surface area contributed by atoms with Gasteiger partial charge in [-0.25, -0.2) is 18.1 Å². The monoisotopic (exact) mass is 409 g/mol. The van der Waals surface area contributed by atoms with E-state index in [1.807, 2.05) is 41.8 Å². The van der Waals surface area contributed by atoms with Crippen LogP contribution < -0.4 is 14.8 Å². The molecule has 3 rings (SSSR count). The van der Waals surface area contributed by atoms with Gasteiger partial charge in [0.05, 0.1) is 23.9 Å². The number of thiazole rings is 1. The lowest BCUT2D eigenvalue weighted by Gasteiger charge is -2.03. The molecule has 0 bridgehead atoms. The van der Waals surface area contributed by atoms with Crippen LogP contribution in [0.5, 0.6) is 5.75 Å². The Morgan fingerprint density at radius 3 is 2.62 bits per heavy atom. The number of sulfonamides is 1. The number of ether oxygens (including phenoxy) is 1. The highest BCUT2D eigenvalue weighted by molar-refractivity contribution is 7.88. The highest BCUT2D eigenvalue weighted by atomic mass is 32.2. The second-order valence-electron chi connectivity index (χ2n) is 5.57. The topological polar surface area (TPSA) is 80.3 Å². The Kier molecular flexibility index (Phi) is 5.92. The van der Waals surface area contributed by atoms with Gasteiger partial charge in [-0.3, -0.25) is 0 Å². The first kappa shape index (κ1) is 18.8. The lowest BCUT2D eigenvalue weighted by atomic mass is 10.3. The molecule has 2 heterocycles. The predicted molar refractivity (Wildman–Crippen MR) is 108 cm³/mol. The van der Waals surface area contributed by atoms with Gasteiger partial charge in [-0.15, -0.1) is 22.7 Å². The average molecular weight is 410 g/mol. The molecule has 9 heteroatoms. The van der Waals surface area contributed by atoms with Crippen LogP contribution in [0.15, 0.2) is 41.8 Å². The molecule has 2 aromatic heterocycles. The third-order valence-electron chi connectivity index (χ3n) is 3.50. The molecule has 0 radical (unpaired) electrons. The number of benzene rings is 1. The summed E-state index contributed by atoms with van der Waals surface area (Å²) in [4.78, 5) is 6.81. The van der Waals surface area contributed by atoms with E-state index >= 15 is 0 Å². The number of nitrogens with one attached hydrogen (secondary N) is 2. The molecule has 26 heavy (non-hydrogen) atoms. The Morgan fingerprint density at radius 1 is 1.15 bits per heavy atom. The van der Waals surface area contributed by atoms with Crippen molar-refractivity contribution in [3.63, 3.8) is 0 Å². The maximum absolute atomic E-state index is 11.1. The molecular formula is C17H19N3O3S3. The molecule has 3 aromatic rings. The molecule has 0 unspecified atom stereocenters. The number of hydrogen-bond acceptors (Lipinski definition) is 7. The van der Waals surface area contributed by atoms with E-state index in [4.69, 9.17) is 4.74 Å². The van der Waals surface area contributed by atoms with Crippen LogP contribution in [0.2, 0.25) is 0 Å². The highest BCUT2D eigenvalue weighted by Gasteiger charge is 2.09. The summed E-state index contributed by atoms with van der Waals surface area (Å²) < 4.78 is 29.9. The first-order chi connectivity index (χ1) is 12.4. The van der Waals surface area contributed by atoms with Crippen LogP contribution in [0.1, 0.15) is 4.88 Å². The molecule has 0 aliphatic carbocycles. The van der Waals surface area contributed by atoms with Crippen molar-refractivity contribution in [2.75, 3.05) is 25.2 Å².